The molecule has 0 saturated carbocycles. The van der Waals surface area contributed by atoms with Gasteiger partial charge < -0.3 is 9.47 Å². The average molecular weight is 243 g/mol. The van der Waals surface area contributed by atoms with Crippen molar-refractivity contribution in [1.29, 1.82) is 0 Å². The minimum absolute atomic E-state index is 0.454. The van der Waals surface area contributed by atoms with Crippen LogP contribution in [-0.2, 0) is 5.88 Å². The van der Waals surface area contributed by atoms with Crippen LogP contribution in [0, 0.1) is 0 Å². The Hall–Kier alpha value is -0.610. The van der Waals surface area contributed by atoms with Crippen molar-refractivity contribution >= 4 is 11.6 Å². The molecule has 4 nitrogen and oxygen atoms in total. The SMILES string of the molecule is CCCN1CCC(n2cnnc2CCl)CC1. The Morgan fingerprint density at radius 3 is 2.81 bits per heavy atom. The summed E-state index contributed by atoms with van der Waals surface area (Å²) in [6.07, 6.45) is 5.42. The lowest BCUT2D eigenvalue weighted by Gasteiger charge is -2.32. The van der Waals surface area contributed by atoms with Crippen molar-refractivity contribution in [2.24, 2.45) is 0 Å². The molecule has 0 spiro atoms. The van der Waals surface area contributed by atoms with Crippen LogP contribution in [0.25, 0.3) is 0 Å². The molecule has 0 unspecified atom stereocenters. The van der Waals surface area contributed by atoms with E-state index in [4.69, 9.17) is 11.6 Å². The van der Waals surface area contributed by atoms with Gasteiger partial charge in [-0.1, -0.05) is 6.92 Å². The number of piperidine rings is 1. The minimum Gasteiger partial charge on any atom is -0.313 e. The maximum Gasteiger partial charge on any atom is 0.148 e. The van der Waals surface area contributed by atoms with Crippen LogP contribution in [0.2, 0.25) is 0 Å². The molecule has 1 aromatic heterocycles. The van der Waals surface area contributed by atoms with E-state index in [0.29, 0.717) is 11.9 Å². The van der Waals surface area contributed by atoms with Crippen LogP contribution in [-0.4, -0.2) is 39.3 Å². The predicted molar refractivity (Wildman–Crippen MR) is 64.6 cm³/mol. The third-order valence-corrected chi connectivity index (χ3v) is 3.50. The lowest BCUT2D eigenvalue weighted by atomic mass is 10.0. The molecule has 0 atom stereocenters. The summed E-state index contributed by atoms with van der Waals surface area (Å²) in [5.74, 6) is 1.35. The van der Waals surface area contributed by atoms with Crippen LogP contribution in [0.15, 0.2) is 6.33 Å². The molecule has 0 radical (unpaired) electrons. The van der Waals surface area contributed by atoms with E-state index in [1.807, 2.05) is 6.33 Å². The molecule has 0 amide bonds. The Kier molecular flexibility index (Phi) is 4.18. The van der Waals surface area contributed by atoms with Gasteiger partial charge in [-0.25, -0.2) is 0 Å². The summed E-state index contributed by atoms with van der Waals surface area (Å²) in [6.45, 7) is 5.81. The van der Waals surface area contributed by atoms with Crippen LogP contribution in [0.5, 0.6) is 0 Å². The van der Waals surface area contributed by atoms with Gasteiger partial charge in [0.25, 0.3) is 0 Å². The molecule has 1 saturated heterocycles. The van der Waals surface area contributed by atoms with Gasteiger partial charge in [0.1, 0.15) is 12.2 Å². The fraction of sp³-hybridized carbons (Fsp3) is 0.818. The van der Waals surface area contributed by atoms with Gasteiger partial charge >= 0.3 is 0 Å². The molecule has 1 fully saturated rings. The Balaban J connectivity index is 1.93. The Labute approximate surface area is 102 Å². The highest BCUT2D eigenvalue weighted by Gasteiger charge is 2.21. The topological polar surface area (TPSA) is 34.0 Å². The standard InChI is InChI=1S/C11H19ClN4/c1-2-5-15-6-3-10(4-7-15)16-9-13-14-11(16)8-12/h9-10H,2-8H2,1H3. The first-order chi connectivity index (χ1) is 7.85. The molecule has 0 aliphatic carbocycles. The molecule has 2 rings (SSSR count). The van der Waals surface area contributed by atoms with E-state index in [-0.39, 0.29) is 0 Å². The summed E-state index contributed by atoms with van der Waals surface area (Å²) < 4.78 is 2.15. The highest BCUT2D eigenvalue weighted by atomic mass is 35.5. The number of hydrogen-bond acceptors (Lipinski definition) is 3. The molecule has 0 N–H and O–H groups in total. The van der Waals surface area contributed by atoms with Crippen LogP contribution in [0.4, 0.5) is 0 Å². The van der Waals surface area contributed by atoms with Gasteiger partial charge in [-0.2, -0.15) is 0 Å². The fourth-order valence-corrected chi connectivity index (χ4v) is 2.60. The predicted octanol–water partition coefficient (Wildman–Crippen LogP) is 2.06. The second-order valence-corrected chi connectivity index (χ2v) is 4.63. The maximum atomic E-state index is 5.84. The second-order valence-electron chi connectivity index (χ2n) is 4.36. The minimum atomic E-state index is 0.454. The molecule has 90 valence electrons. The number of nitrogens with zero attached hydrogens (tertiary/aromatic N) is 4. The summed E-state index contributed by atoms with van der Waals surface area (Å²) in [4.78, 5) is 2.53. The van der Waals surface area contributed by atoms with Gasteiger partial charge in [0.2, 0.25) is 0 Å². The van der Waals surface area contributed by atoms with Crippen molar-refractivity contribution in [1.82, 2.24) is 19.7 Å². The van der Waals surface area contributed by atoms with E-state index in [2.05, 4.69) is 26.6 Å². The molecule has 0 aromatic carbocycles. The molecule has 1 aliphatic rings. The summed E-state index contributed by atoms with van der Waals surface area (Å²) in [5, 5.41) is 7.97. The third-order valence-electron chi connectivity index (χ3n) is 3.26. The molecule has 1 aliphatic heterocycles. The monoisotopic (exact) mass is 242 g/mol. The van der Waals surface area contributed by atoms with Crippen LogP contribution >= 0.6 is 11.6 Å². The van der Waals surface area contributed by atoms with E-state index in [0.717, 1.165) is 5.82 Å². The van der Waals surface area contributed by atoms with Gasteiger partial charge in [-0.05, 0) is 25.8 Å². The normalized spacial score (nSPS) is 19.1. The van der Waals surface area contributed by atoms with E-state index in [9.17, 15) is 0 Å². The number of hydrogen-bond donors (Lipinski definition) is 0. The van der Waals surface area contributed by atoms with Crippen molar-refractivity contribution in [3.63, 3.8) is 0 Å². The number of likely N-dealkylation sites (tertiary alicyclic amines) is 1. The van der Waals surface area contributed by atoms with E-state index < -0.39 is 0 Å². The van der Waals surface area contributed by atoms with E-state index >= 15 is 0 Å². The van der Waals surface area contributed by atoms with Crippen molar-refractivity contribution in [3.05, 3.63) is 12.2 Å². The number of rotatable bonds is 4. The van der Waals surface area contributed by atoms with Crippen molar-refractivity contribution in [2.45, 2.75) is 38.1 Å². The lowest BCUT2D eigenvalue weighted by Crippen LogP contribution is -2.35. The maximum absolute atomic E-state index is 5.84. The number of halogens is 1. The van der Waals surface area contributed by atoms with Crippen LogP contribution in [0.1, 0.15) is 38.1 Å². The molecule has 2 heterocycles. The first-order valence-corrected chi connectivity index (χ1v) is 6.55. The Morgan fingerprint density at radius 2 is 2.19 bits per heavy atom. The molecule has 5 heteroatoms. The Bertz CT molecular complexity index is 318. The number of aromatic nitrogens is 3. The first-order valence-electron chi connectivity index (χ1n) is 6.01. The highest BCUT2D eigenvalue weighted by Crippen LogP contribution is 2.23. The first kappa shape index (κ1) is 11.9. The largest absolute Gasteiger partial charge is 0.313 e. The Morgan fingerprint density at radius 1 is 1.44 bits per heavy atom. The smallest absolute Gasteiger partial charge is 0.148 e. The summed E-state index contributed by atoms with van der Waals surface area (Å²) >= 11 is 5.84. The van der Waals surface area contributed by atoms with Crippen LogP contribution < -0.4 is 0 Å². The van der Waals surface area contributed by atoms with Crippen molar-refractivity contribution < 1.29 is 0 Å². The van der Waals surface area contributed by atoms with Gasteiger partial charge in [0, 0.05) is 19.1 Å². The highest BCUT2D eigenvalue weighted by molar-refractivity contribution is 6.16. The molecule has 0 bridgehead atoms. The van der Waals surface area contributed by atoms with Gasteiger partial charge in [-0.3, -0.25) is 0 Å². The van der Waals surface area contributed by atoms with Gasteiger partial charge in [-0.15, -0.1) is 21.8 Å². The quantitative estimate of drug-likeness (QED) is 0.758. The summed E-state index contributed by atoms with van der Waals surface area (Å²) in [6, 6.07) is 0.539. The second kappa shape index (κ2) is 5.64. The number of alkyl halides is 1. The zero-order valence-corrected chi connectivity index (χ0v) is 10.5. The van der Waals surface area contributed by atoms with Crippen molar-refractivity contribution in [3.8, 4) is 0 Å². The fourth-order valence-electron chi connectivity index (χ4n) is 2.40. The molecule has 1 aromatic rings. The zero-order chi connectivity index (χ0) is 11.4. The molecule has 16 heavy (non-hydrogen) atoms. The van der Waals surface area contributed by atoms with Crippen molar-refractivity contribution in [2.75, 3.05) is 19.6 Å². The summed E-state index contributed by atoms with van der Waals surface area (Å²) in [7, 11) is 0. The van der Waals surface area contributed by atoms with Crippen LogP contribution in [0.3, 0.4) is 0 Å². The average Bonchev–Trinajstić information content (AvgIpc) is 2.78. The van der Waals surface area contributed by atoms with E-state index in [1.54, 1.807) is 0 Å². The zero-order valence-electron chi connectivity index (χ0n) is 9.77. The molecular formula is C11H19ClN4. The summed E-state index contributed by atoms with van der Waals surface area (Å²) in [5.41, 5.74) is 0. The van der Waals surface area contributed by atoms with Gasteiger partial charge in [0.15, 0.2) is 0 Å². The van der Waals surface area contributed by atoms with E-state index in [1.165, 1.54) is 38.9 Å². The third kappa shape index (κ3) is 2.55. The molecular weight excluding hydrogens is 224 g/mol. The van der Waals surface area contributed by atoms with Gasteiger partial charge in [0.05, 0.1) is 5.88 Å². The lowest BCUT2D eigenvalue weighted by molar-refractivity contribution is 0.185.